The van der Waals surface area contributed by atoms with Crippen LogP contribution >= 0.6 is 0 Å². The van der Waals surface area contributed by atoms with Crippen LogP contribution < -0.4 is 4.74 Å². The van der Waals surface area contributed by atoms with Gasteiger partial charge in [0.05, 0.1) is 19.7 Å². The topological polar surface area (TPSA) is 36.0 Å². The predicted octanol–water partition coefficient (Wildman–Crippen LogP) is 1.85. The highest BCUT2D eigenvalue weighted by molar-refractivity contribution is 5.78. The summed E-state index contributed by atoms with van der Waals surface area (Å²) in [5.41, 5.74) is 1.12. The molecule has 2 rings (SSSR count). The molecule has 5 heteroatoms. The third-order valence-corrected chi connectivity index (χ3v) is 4.74. The first-order chi connectivity index (χ1) is 11.0. The molecule has 0 aromatic heterocycles. The fraction of sp³-hybridized carbons (Fsp3) is 0.611. The normalized spacial score (nSPS) is 18.3. The number of nitrogens with zero attached hydrogens (tertiary/aromatic N) is 3. The second-order valence-corrected chi connectivity index (χ2v) is 6.39. The molecule has 0 aliphatic carbocycles. The molecule has 0 unspecified atom stereocenters. The van der Waals surface area contributed by atoms with E-state index in [-0.39, 0.29) is 11.9 Å². The highest BCUT2D eigenvalue weighted by Gasteiger charge is 2.21. The van der Waals surface area contributed by atoms with Crippen molar-refractivity contribution in [1.82, 2.24) is 14.7 Å². The van der Waals surface area contributed by atoms with Gasteiger partial charge in [0.15, 0.2) is 0 Å². The van der Waals surface area contributed by atoms with Gasteiger partial charge < -0.3 is 14.5 Å². The summed E-state index contributed by atoms with van der Waals surface area (Å²) >= 11 is 0. The number of amides is 1. The van der Waals surface area contributed by atoms with E-state index in [0.29, 0.717) is 6.54 Å². The van der Waals surface area contributed by atoms with Gasteiger partial charge in [0.1, 0.15) is 5.75 Å². The van der Waals surface area contributed by atoms with Crippen molar-refractivity contribution in [2.45, 2.75) is 19.4 Å². The molecule has 0 spiro atoms. The van der Waals surface area contributed by atoms with E-state index < -0.39 is 0 Å². The van der Waals surface area contributed by atoms with Crippen LogP contribution in [0, 0.1) is 0 Å². The van der Waals surface area contributed by atoms with Crippen molar-refractivity contribution in [3.8, 4) is 5.75 Å². The largest absolute Gasteiger partial charge is 0.497 e. The molecule has 1 aliphatic heterocycles. The lowest BCUT2D eigenvalue weighted by Crippen LogP contribution is -2.40. The molecule has 0 saturated carbocycles. The number of rotatable bonds is 5. The highest BCUT2D eigenvalue weighted by atomic mass is 16.5. The third kappa shape index (κ3) is 4.94. The van der Waals surface area contributed by atoms with Crippen molar-refractivity contribution in [3.05, 3.63) is 29.8 Å². The van der Waals surface area contributed by atoms with E-state index in [2.05, 4.69) is 23.8 Å². The van der Waals surface area contributed by atoms with Crippen molar-refractivity contribution in [3.63, 3.8) is 0 Å². The molecule has 1 aromatic rings. The number of hydrogen-bond donors (Lipinski definition) is 0. The summed E-state index contributed by atoms with van der Waals surface area (Å²) in [5.74, 6) is 1.02. The lowest BCUT2D eigenvalue weighted by Gasteiger charge is -2.28. The highest BCUT2D eigenvalue weighted by Crippen LogP contribution is 2.21. The fourth-order valence-corrected chi connectivity index (χ4v) is 2.88. The van der Waals surface area contributed by atoms with Gasteiger partial charge in [-0.2, -0.15) is 0 Å². The second kappa shape index (κ2) is 8.31. The summed E-state index contributed by atoms with van der Waals surface area (Å²) in [6, 6.07) is 7.98. The van der Waals surface area contributed by atoms with E-state index in [1.807, 2.05) is 36.2 Å². The van der Waals surface area contributed by atoms with Gasteiger partial charge in [0, 0.05) is 20.1 Å². The van der Waals surface area contributed by atoms with E-state index in [4.69, 9.17) is 4.74 Å². The molecule has 23 heavy (non-hydrogen) atoms. The van der Waals surface area contributed by atoms with Gasteiger partial charge in [-0.15, -0.1) is 0 Å². The Balaban J connectivity index is 1.92. The molecule has 1 aromatic carbocycles. The molecule has 1 amide bonds. The van der Waals surface area contributed by atoms with Gasteiger partial charge >= 0.3 is 0 Å². The van der Waals surface area contributed by atoms with E-state index >= 15 is 0 Å². The first kappa shape index (κ1) is 17.8. The van der Waals surface area contributed by atoms with Crippen molar-refractivity contribution in [2.75, 3.05) is 53.9 Å². The van der Waals surface area contributed by atoms with Crippen LogP contribution in [0.4, 0.5) is 0 Å². The molecule has 1 saturated heterocycles. The quantitative estimate of drug-likeness (QED) is 0.830. The summed E-state index contributed by atoms with van der Waals surface area (Å²) in [4.78, 5) is 19.0. The zero-order valence-electron chi connectivity index (χ0n) is 14.8. The maximum Gasteiger partial charge on any atom is 0.236 e. The maximum absolute atomic E-state index is 12.6. The SMILES string of the molecule is COc1ccc([C@@H](C)N(C)C(=O)CN2CCCN(C)CC2)cc1. The Hall–Kier alpha value is -1.59. The number of carbonyl (C=O) groups is 1. The second-order valence-electron chi connectivity index (χ2n) is 6.39. The standard InChI is InChI=1S/C18H29N3O2/c1-15(16-6-8-17(23-4)9-7-16)20(3)18(22)14-21-11-5-10-19(2)12-13-21/h6-9,15H,5,10-14H2,1-4H3/t15-/m1/s1. The zero-order valence-corrected chi connectivity index (χ0v) is 14.8. The number of hydrogen-bond acceptors (Lipinski definition) is 4. The molecular formula is C18H29N3O2. The molecule has 5 nitrogen and oxygen atoms in total. The van der Waals surface area contributed by atoms with Crippen molar-refractivity contribution in [1.29, 1.82) is 0 Å². The molecular weight excluding hydrogens is 290 g/mol. The monoisotopic (exact) mass is 319 g/mol. The van der Waals surface area contributed by atoms with Gasteiger partial charge in [-0.05, 0) is 51.2 Å². The summed E-state index contributed by atoms with van der Waals surface area (Å²) < 4.78 is 5.19. The first-order valence-electron chi connectivity index (χ1n) is 8.31. The minimum absolute atomic E-state index is 0.0584. The average molecular weight is 319 g/mol. The minimum Gasteiger partial charge on any atom is -0.497 e. The van der Waals surface area contributed by atoms with E-state index in [1.54, 1.807) is 7.11 Å². The lowest BCUT2D eigenvalue weighted by molar-refractivity contribution is -0.133. The minimum atomic E-state index is 0.0584. The van der Waals surface area contributed by atoms with Crippen LogP contribution in [0.15, 0.2) is 24.3 Å². The van der Waals surface area contributed by atoms with E-state index in [1.165, 1.54) is 0 Å². The lowest BCUT2D eigenvalue weighted by atomic mass is 10.1. The van der Waals surface area contributed by atoms with Crippen LogP contribution in [0.1, 0.15) is 24.9 Å². The number of carbonyl (C=O) groups excluding carboxylic acids is 1. The van der Waals surface area contributed by atoms with Gasteiger partial charge in [0.2, 0.25) is 5.91 Å². The zero-order chi connectivity index (χ0) is 16.8. The Morgan fingerprint density at radius 3 is 2.57 bits per heavy atom. The predicted molar refractivity (Wildman–Crippen MR) is 92.7 cm³/mol. The van der Waals surface area contributed by atoms with Crippen LogP contribution in [-0.4, -0.2) is 74.5 Å². The maximum atomic E-state index is 12.6. The molecule has 0 N–H and O–H groups in total. The van der Waals surface area contributed by atoms with Crippen LogP contribution in [-0.2, 0) is 4.79 Å². The number of likely N-dealkylation sites (N-methyl/N-ethyl adjacent to an activating group) is 2. The molecule has 0 bridgehead atoms. The van der Waals surface area contributed by atoms with Crippen LogP contribution in [0.25, 0.3) is 0 Å². The molecule has 1 fully saturated rings. The first-order valence-corrected chi connectivity index (χ1v) is 8.31. The Morgan fingerprint density at radius 1 is 1.22 bits per heavy atom. The number of ether oxygens (including phenoxy) is 1. The van der Waals surface area contributed by atoms with Gasteiger partial charge in [0.25, 0.3) is 0 Å². The summed E-state index contributed by atoms with van der Waals surface area (Å²) in [5, 5.41) is 0. The Kier molecular flexibility index (Phi) is 6.42. The van der Waals surface area contributed by atoms with Crippen LogP contribution in [0.2, 0.25) is 0 Å². The average Bonchev–Trinajstić information content (AvgIpc) is 2.78. The number of methoxy groups -OCH3 is 1. The molecule has 0 radical (unpaired) electrons. The smallest absolute Gasteiger partial charge is 0.236 e. The third-order valence-electron chi connectivity index (χ3n) is 4.74. The van der Waals surface area contributed by atoms with Crippen molar-refractivity contribution >= 4 is 5.91 Å². The molecule has 1 aliphatic rings. The van der Waals surface area contributed by atoms with E-state index in [9.17, 15) is 4.79 Å². The number of benzene rings is 1. The summed E-state index contributed by atoms with van der Waals surface area (Å²) in [6.45, 7) is 6.68. The Labute approximate surface area is 139 Å². The Bertz CT molecular complexity index is 503. The van der Waals surface area contributed by atoms with Crippen molar-refractivity contribution < 1.29 is 9.53 Å². The van der Waals surface area contributed by atoms with Gasteiger partial charge in [-0.3, -0.25) is 9.69 Å². The van der Waals surface area contributed by atoms with E-state index in [0.717, 1.165) is 43.9 Å². The van der Waals surface area contributed by atoms with Crippen LogP contribution in [0.3, 0.4) is 0 Å². The van der Waals surface area contributed by atoms with Crippen molar-refractivity contribution in [2.24, 2.45) is 0 Å². The summed E-state index contributed by atoms with van der Waals surface area (Å²) in [6.07, 6.45) is 1.13. The van der Waals surface area contributed by atoms with Gasteiger partial charge in [-0.1, -0.05) is 12.1 Å². The molecule has 128 valence electrons. The Morgan fingerprint density at radius 2 is 1.91 bits per heavy atom. The molecule has 1 heterocycles. The fourth-order valence-electron chi connectivity index (χ4n) is 2.88. The van der Waals surface area contributed by atoms with Gasteiger partial charge in [-0.25, -0.2) is 0 Å². The van der Waals surface area contributed by atoms with Crippen LogP contribution in [0.5, 0.6) is 5.75 Å². The molecule has 1 atom stereocenters. The summed E-state index contributed by atoms with van der Waals surface area (Å²) in [7, 11) is 5.69.